The lowest BCUT2D eigenvalue weighted by Gasteiger charge is -2.51. The topological polar surface area (TPSA) is 58.6 Å². The minimum atomic E-state index is -3.47. The standard InChI is InChI=1S/C17H26N2O3S/c1-14-4-5-15(2)16(12-14)23(20,21)18-13-17(6-3-7-17)19-8-10-22-11-9-19/h4-5,12,18H,3,6-11,13H2,1-2H3. The van der Waals surface area contributed by atoms with Gasteiger partial charge in [-0.25, -0.2) is 13.1 Å². The molecule has 0 aromatic heterocycles. The Morgan fingerprint density at radius 2 is 1.91 bits per heavy atom. The lowest BCUT2D eigenvalue weighted by Crippen LogP contribution is -2.62. The third kappa shape index (κ3) is 3.45. The first-order valence-corrected chi connectivity index (χ1v) is 9.81. The van der Waals surface area contributed by atoms with Gasteiger partial charge in [0.15, 0.2) is 0 Å². The molecule has 0 radical (unpaired) electrons. The first-order chi connectivity index (χ1) is 10.9. The second kappa shape index (κ2) is 6.51. The van der Waals surface area contributed by atoms with Crippen LogP contribution in [0.1, 0.15) is 30.4 Å². The maximum atomic E-state index is 12.7. The molecule has 6 heteroatoms. The van der Waals surface area contributed by atoms with E-state index in [0.717, 1.165) is 50.3 Å². The Labute approximate surface area is 139 Å². The molecule has 23 heavy (non-hydrogen) atoms. The fourth-order valence-electron chi connectivity index (χ4n) is 3.53. The van der Waals surface area contributed by atoms with Crippen LogP contribution in [-0.4, -0.2) is 51.7 Å². The SMILES string of the molecule is Cc1ccc(C)c(S(=O)(=O)NCC2(N3CCOCC3)CCC2)c1. The zero-order valence-electron chi connectivity index (χ0n) is 14.0. The Morgan fingerprint density at radius 1 is 1.22 bits per heavy atom. The second-order valence-electron chi connectivity index (χ2n) is 6.77. The van der Waals surface area contributed by atoms with Crippen molar-refractivity contribution in [3.8, 4) is 0 Å². The summed E-state index contributed by atoms with van der Waals surface area (Å²) in [5.41, 5.74) is 1.73. The van der Waals surface area contributed by atoms with Gasteiger partial charge in [0, 0.05) is 25.2 Å². The van der Waals surface area contributed by atoms with E-state index < -0.39 is 10.0 Å². The van der Waals surface area contributed by atoms with Crippen LogP contribution in [0.25, 0.3) is 0 Å². The van der Waals surface area contributed by atoms with Crippen LogP contribution in [0.5, 0.6) is 0 Å². The van der Waals surface area contributed by atoms with E-state index in [1.165, 1.54) is 6.42 Å². The van der Waals surface area contributed by atoms with Crippen LogP contribution >= 0.6 is 0 Å². The molecule has 0 bridgehead atoms. The number of aryl methyl sites for hydroxylation is 2. The van der Waals surface area contributed by atoms with Gasteiger partial charge in [-0.1, -0.05) is 12.1 Å². The van der Waals surface area contributed by atoms with Crippen molar-refractivity contribution < 1.29 is 13.2 Å². The van der Waals surface area contributed by atoms with Crippen molar-refractivity contribution in [1.29, 1.82) is 0 Å². The molecule has 1 aromatic rings. The highest BCUT2D eigenvalue weighted by atomic mass is 32.2. The molecule has 1 aromatic carbocycles. The largest absolute Gasteiger partial charge is 0.379 e. The van der Waals surface area contributed by atoms with Crippen LogP contribution in [0.15, 0.2) is 23.1 Å². The summed E-state index contributed by atoms with van der Waals surface area (Å²) in [5.74, 6) is 0. The van der Waals surface area contributed by atoms with Crippen molar-refractivity contribution in [2.75, 3.05) is 32.8 Å². The lowest BCUT2D eigenvalue weighted by atomic mass is 9.75. The van der Waals surface area contributed by atoms with E-state index in [-0.39, 0.29) is 5.54 Å². The molecule has 2 fully saturated rings. The normalized spacial score (nSPS) is 21.8. The van der Waals surface area contributed by atoms with Crippen LogP contribution in [0, 0.1) is 13.8 Å². The summed E-state index contributed by atoms with van der Waals surface area (Å²) in [6.07, 6.45) is 3.28. The van der Waals surface area contributed by atoms with Crippen molar-refractivity contribution in [3.05, 3.63) is 29.3 Å². The fourth-order valence-corrected chi connectivity index (χ4v) is 4.98. The molecule has 0 spiro atoms. The number of benzene rings is 1. The van der Waals surface area contributed by atoms with Crippen LogP contribution in [0.4, 0.5) is 0 Å². The van der Waals surface area contributed by atoms with Crippen molar-refractivity contribution in [2.24, 2.45) is 0 Å². The fraction of sp³-hybridized carbons (Fsp3) is 0.647. The number of nitrogens with zero attached hydrogens (tertiary/aromatic N) is 1. The molecule has 1 aliphatic heterocycles. The maximum absolute atomic E-state index is 12.7. The Balaban J connectivity index is 1.74. The molecule has 1 aliphatic carbocycles. The number of hydrogen-bond donors (Lipinski definition) is 1. The summed E-state index contributed by atoms with van der Waals surface area (Å²) in [4.78, 5) is 2.81. The second-order valence-corrected chi connectivity index (χ2v) is 8.51. The summed E-state index contributed by atoms with van der Waals surface area (Å²) in [6, 6.07) is 5.56. The molecule has 1 heterocycles. The molecule has 1 N–H and O–H groups in total. The van der Waals surface area contributed by atoms with Gasteiger partial charge in [0.2, 0.25) is 10.0 Å². The predicted molar refractivity (Wildman–Crippen MR) is 90.1 cm³/mol. The number of nitrogens with one attached hydrogen (secondary N) is 1. The lowest BCUT2D eigenvalue weighted by molar-refractivity contribution is -0.0527. The molecule has 5 nitrogen and oxygen atoms in total. The molecule has 1 saturated carbocycles. The van der Waals surface area contributed by atoms with Crippen LogP contribution in [-0.2, 0) is 14.8 Å². The van der Waals surface area contributed by atoms with E-state index in [2.05, 4.69) is 9.62 Å². The van der Waals surface area contributed by atoms with Crippen LogP contribution < -0.4 is 4.72 Å². The Morgan fingerprint density at radius 3 is 2.52 bits per heavy atom. The van der Waals surface area contributed by atoms with E-state index >= 15 is 0 Å². The van der Waals surface area contributed by atoms with Gasteiger partial charge in [-0.3, -0.25) is 4.90 Å². The number of sulfonamides is 1. The zero-order chi connectivity index (χ0) is 16.5. The Bertz CT molecular complexity index is 662. The highest BCUT2D eigenvalue weighted by molar-refractivity contribution is 7.89. The third-order valence-electron chi connectivity index (χ3n) is 5.19. The number of hydrogen-bond acceptors (Lipinski definition) is 4. The van der Waals surface area contributed by atoms with Crippen molar-refractivity contribution >= 4 is 10.0 Å². The summed E-state index contributed by atoms with van der Waals surface area (Å²) in [5, 5.41) is 0. The minimum absolute atomic E-state index is 0.0193. The minimum Gasteiger partial charge on any atom is -0.379 e. The van der Waals surface area contributed by atoms with Gasteiger partial charge in [0.1, 0.15) is 0 Å². The van der Waals surface area contributed by atoms with E-state index in [1.54, 1.807) is 6.07 Å². The summed E-state index contributed by atoms with van der Waals surface area (Å²) in [6.45, 7) is 7.52. The van der Waals surface area contributed by atoms with Crippen molar-refractivity contribution in [2.45, 2.75) is 43.5 Å². The van der Waals surface area contributed by atoms with E-state index in [9.17, 15) is 8.42 Å². The van der Waals surface area contributed by atoms with E-state index in [0.29, 0.717) is 11.4 Å². The molecule has 0 amide bonds. The van der Waals surface area contributed by atoms with Gasteiger partial charge in [0.25, 0.3) is 0 Å². The summed E-state index contributed by atoms with van der Waals surface area (Å²) in [7, 11) is -3.47. The average molecular weight is 338 g/mol. The van der Waals surface area contributed by atoms with E-state index in [1.807, 2.05) is 26.0 Å². The van der Waals surface area contributed by atoms with Gasteiger partial charge >= 0.3 is 0 Å². The number of ether oxygens (including phenoxy) is 1. The number of rotatable bonds is 5. The highest BCUT2D eigenvalue weighted by Crippen LogP contribution is 2.38. The van der Waals surface area contributed by atoms with Gasteiger partial charge in [-0.15, -0.1) is 0 Å². The predicted octanol–water partition coefficient (Wildman–Crippen LogP) is 1.84. The molecule has 2 aliphatic rings. The molecule has 3 rings (SSSR count). The monoisotopic (exact) mass is 338 g/mol. The molecular weight excluding hydrogens is 312 g/mol. The smallest absolute Gasteiger partial charge is 0.240 e. The molecule has 128 valence electrons. The Kier molecular flexibility index (Phi) is 4.78. The summed E-state index contributed by atoms with van der Waals surface area (Å²) < 4.78 is 33.7. The molecule has 1 saturated heterocycles. The molecule has 0 unspecified atom stereocenters. The highest BCUT2D eigenvalue weighted by Gasteiger charge is 2.43. The first-order valence-electron chi connectivity index (χ1n) is 8.33. The third-order valence-corrected chi connectivity index (χ3v) is 6.73. The molecular formula is C17H26N2O3S. The summed E-state index contributed by atoms with van der Waals surface area (Å²) >= 11 is 0. The van der Waals surface area contributed by atoms with Gasteiger partial charge in [0.05, 0.1) is 18.1 Å². The van der Waals surface area contributed by atoms with Gasteiger partial charge < -0.3 is 4.74 Å². The zero-order valence-corrected chi connectivity index (χ0v) is 14.8. The van der Waals surface area contributed by atoms with Crippen LogP contribution in [0.3, 0.4) is 0 Å². The van der Waals surface area contributed by atoms with Crippen molar-refractivity contribution in [3.63, 3.8) is 0 Å². The quantitative estimate of drug-likeness (QED) is 0.890. The van der Waals surface area contributed by atoms with Crippen LogP contribution in [0.2, 0.25) is 0 Å². The number of morpholine rings is 1. The first kappa shape index (κ1) is 16.9. The average Bonchev–Trinajstić information content (AvgIpc) is 2.49. The van der Waals surface area contributed by atoms with Gasteiger partial charge in [-0.05, 0) is 50.3 Å². The van der Waals surface area contributed by atoms with Crippen molar-refractivity contribution in [1.82, 2.24) is 9.62 Å². The Hall–Kier alpha value is -0.950. The maximum Gasteiger partial charge on any atom is 0.240 e. The molecule has 0 atom stereocenters. The van der Waals surface area contributed by atoms with Gasteiger partial charge in [-0.2, -0.15) is 0 Å². The van der Waals surface area contributed by atoms with E-state index in [4.69, 9.17) is 4.74 Å².